The van der Waals surface area contributed by atoms with Gasteiger partial charge in [0.25, 0.3) is 0 Å². The molecule has 0 radical (unpaired) electrons. The van der Waals surface area contributed by atoms with Crippen molar-refractivity contribution in [3.63, 3.8) is 0 Å². The Labute approximate surface area is 405 Å². The van der Waals surface area contributed by atoms with Gasteiger partial charge in [-0.3, -0.25) is 0 Å². The van der Waals surface area contributed by atoms with Gasteiger partial charge in [-0.2, -0.15) is 0 Å². The number of para-hydroxylation sites is 2. The molecule has 0 aliphatic heterocycles. The summed E-state index contributed by atoms with van der Waals surface area (Å²) in [6.45, 7) is 0. The SMILES string of the molecule is c1ccc(N(c2ccc(-c3ccc(-c4csc5ccccc45)cc3)cc2)c2ccc(-c3ccc(N(c4ccccc4)c4ccc(-c5ccc(-c6csc7ccccc67)cc5)cc4)cc3)cc2)cc1. The molecule has 0 unspecified atom stereocenters. The van der Waals surface area contributed by atoms with Crippen LogP contribution < -0.4 is 9.80 Å². The lowest BCUT2D eigenvalue weighted by Gasteiger charge is -2.26. The molecule has 2 heterocycles. The zero-order chi connectivity index (χ0) is 45.2. The lowest BCUT2D eigenvalue weighted by Crippen LogP contribution is -2.10. The zero-order valence-electron chi connectivity index (χ0n) is 37.1. The number of fused-ring (bicyclic) bond motifs is 2. The molecule has 0 bridgehead atoms. The molecule has 0 amide bonds. The van der Waals surface area contributed by atoms with Gasteiger partial charge in [0, 0.05) is 65.4 Å². The fraction of sp³-hybridized carbons (Fsp3) is 0. The Hall–Kier alpha value is -8.28. The summed E-state index contributed by atoms with van der Waals surface area (Å²) in [6, 6.07) is 92.1. The standard InChI is InChI=1S/C64H44N2S2/c1-3-11-53(12-4-1)65(55-35-27-47(28-36-55)45-19-23-51(24-20-45)61-43-67-63-17-9-7-15-59(61)63)57-39-31-49(32-40-57)50-33-41-58(42-34-50)66(54-13-5-2-6-14-54)56-37-29-48(30-38-56)46-21-25-52(26-22-46)62-44-68-64-18-10-8-16-60(62)64/h1-44H. The molecule has 12 rings (SSSR count). The van der Waals surface area contributed by atoms with Crippen molar-refractivity contribution in [3.05, 3.63) is 266 Å². The minimum atomic E-state index is 1.10. The molecular weight excluding hydrogens is 861 g/mol. The van der Waals surface area contributed by atoms with Crippen LogP contribution in [0.5, 0.6) is 0 Å². The van der Waals surface area contributed by atoms with Crippen molar-refractivity contribution in [1.29, 1.82) is 0 Å². The second-order valence-electron chi connectivity index (χ2n) is 17.0. The largest absolute Gasteiger partial charge is 0.311 e. The molecule has 12 aromatic rings. The maximum atomic E-state index is 2.33. The minimum Gasteiger partial charge on any atom is -0.311 e. The molecule has 0 saturated heterocycles. The van der Waals surface area contributed by atoms with E-state index in [1.165, 1.54) is 64.7 Å². The lowest BCUT2D eigenvalue weighted by atomic mass is 9.99. The highest BCUT2D eigenvalue weighted by Gasteiger charge is 2.16. The van der Waals surface area contributed by atoms with Crippen molar-refractivity contribution >= 4 is 77.0 Å². The number of thiophene rings is 2. The molecule has 322 valence electrons. The first-order valence-electron chi connectivity index (χ1n) is 23.0. The van der Waals surface area contributed by atoms with Gasteiger partial charge in [-0.05, 0) is 140 Å². The van der Waals surface area contributed by atoms with Crippen LogP contribution >= 0.6 is 22.7 Å². The average Bonchev–Trinajstić information content (AvgIpc) is 4.06. The van der Waals surface area contributed by atoms with Gasteiger partial charge in [0.2, 0.25) is 0 Å². The Morgan fingerprint density at radius 3 is 0.750 bits per heavy atom. The van der Waals surface area contributed by atoms with E-state index in [9.17, 15) is 0 Å². The maximum absolute atomic E-state index is 2.33. The van der Waals surface area contributed by atoms with Crippen molar-refractivity contribution in [3.8, 4) is 55.6 Å². The quantitative estimate of drug-likeness (QED) is 0.128. The summed E-state index contributed by atoms with van der Waals surface area (Å²) in [4.78, 5) is 4.65. The van der Waals surface area contributed by atoms with Crippen molar-refractivity contribution in [2.45, 2.75) is 0 Å². The Balaban J connectivity index is 0.780. The zero-order valence-corrected chi connectivity index (χ0v) is 38.7. The maximum Gasteiger partial charge on any atom is 0.0462 e. The topological polar surface area (TPSA) is 6.48 Å². The predicted molar refractivity (Wildman–Crippen MR) is 294 cm³/mol. The van der Waals surface area contributed by atoms with Crippen LogP contribution in [0.1, 0.15) is 0 Å². The average molecular weight is 905 g/mol. The van der Waals surface area contributed by atoms with Gasteiger partial charge in [-0.15, -0.1) is 22.7 Å². The monoisotopic (exact) mass is 904 g/mol. The van der Waals surface area contributed by atoms with E-state index in [1.807, 2.05) is 0 Å². The third kappa shape index (κ3) is 8.07. The highest BCUT2D eigenvalue weighted by Crippen LogP contribution is 2.41. The Bertz CT molecular complexity index is 3370. The van der Waals surface area contributed by atoms with Gasteiger partial charge >= 0.3 is 0 Å². The number of benzene rings is 10. The summed E-state index contributed by atoms with van der Waals surface area (Å²) < 4.78 is 2.64. The van der Waals surface area contributed by atoms with Crippen LogP contribution in [0, 0.1) is 0 Å². The first-order chi connectivity index (χ1) is 33.7. The van der Waals surface area contributed by atoms with Crippen LogP contribution in [0.4, 0.5) is 34.1 Å². The van der Waals surface area contributed by atoms with Gasteiger partial charge in [0.15, 0.2) is 0 Å². The van der Waals surface area contributed by atoms with Crippen LogP contribution in [-0.4, -0.2) is 0 Å². The van der Waals surface area contributed by atoms with E-state index in [1.54, 1.807) is 22.7 Å². The van der Waals surface area contributed by atoms with Gasteiger partial charge in [-0.25, -0.2) is 0 Å². The van der Waals surface area contributed by atoms with Crippen LogP contribution in [0.3, 0.4) is 0 Å². The number of hydrogen-bond acceptors (Lipinski definition) is 4. The molecule has 0 fully saturated rings. The molecule has 0 aliphatic carbocycles. The molecule has 2 nitrogen and oxygen atoms in total. The summed E-state index contributed by atoms with van der Waals surface area (Å²) in [5.74, 6) is 0. The predicted octanol–water partition coefficient (Wildman–Crippen LogP) is 19.4. The Kier molecular flexibility index (Phi) is 11.0. The molecule has 0 N–H and O–H groups in total. The highest BCUT2D eigenvalue weighted by atomic mass is 32.1. The van der Waals surface area contributed by atoms with Crippen molar-refractivity contribution < 1.29 is 0 Å². The second kappa shape index (κ2) is 18.2. The van der Waals surface area contributed by atoms with Crippen LogP contribution in [-0.2, 0) is 0 Å². The van der Waals surface area contributed by atoms with Crippen molar-refractivity contribution in [2.24, 2.45) is 0 Å². The molecule has 2 aromatic heterocycles. The first kappa shape index (κ1) is 41.2. The third-order valence-corrected chi connectivity index (χ3v) is 14.8. The fourth-order valence-electron chi connectivity index (χ4n) is 9.35. The van der Waals surface area contributed by atoms with E-state index in [-0.39, 0.29) is 0 Å². The molecule has 0 saturated carbocycles. The van der Waals surface area contributed by atoms with E-state index in [0.717, 1.165) is 45.3 Å². The van der Waals surface area contributed by atoms with E-state index in [4.69, 9.17) is 0 Å². The normalized spacial score (nSPS) is 11.2. The van der Waals surface area contributed by atoms with Gasteiger partial charge in [0.1, 0.15) is 0 Å². The molecule has 68 heavy (non-hydrogen) atoms. The molecule has 10 aromatic carbocycles. The van der Waals surface area contributed by atoms with E-state index >= 15 is 0 Å². The summed E-state index contributed by atoms with van der Waals surface area (Å²) in [7, 11) is 0. The summed E-state index contributed by atoms with van der Waals surface area (Å²) in [5.41, 5.74) is 18.8. The Morgan fingerprint density at radius 1 is 0.206 bits per heavy atom. The van der Waals surface area contributed by atoms with E-state index in [2.05, 4.69) is 275 Å². The molecule has 0 atom stereocenters. The highest BCUT2D eigenvalue weighted by molar-refractivity contribution is 7.18. The number of rotatable bonds is 11. The molecular formula is C64H44N2S2. The third-order valence-electron chi connectivity index (χ3n) is 12.9. The van der Waals surface area contributed by atoms with E-state index < -0.39 is 0 Å². The van der Waals surface area contributed by atoms with Crippen molar-refractivity contribution in [2.75, 3.05) is 9.80 Å². The van der Waals surface area contributed by atoms with Crippen LogP contribution in [0.15, 0.2) is 266 Å². The Morgan fingerprint density at radius 2 is 0.441 bits per heavy atom. The first-order valence-corrected chi connectivity index (χ1v) is 24.7. The smallest absolute Gasteiger partial charge is 0.0462 e. The van der Waals surface area contributed by atoms with Crippen LogP contribution in [0.25, 0.3) is 75.8 Å². The summed E-state index contributed by atoms with van der Waals surface area (Å²) in [6.07, 6.45) is 0. The van der Waals surface area contributed by atoms with Gasteiger partial charge in [-0.1, -0.05) is 170 Å². The van der Waals surface area contributed by atoms with Crippen LogP contribution in [0.2, 0.25) is 0 Å². The summed E-state index contributed by atoms with van der Waals surface area (Å²) >= 11 is 3.61. The molecule has 4 heteroatoms. The number of anilines is 6. The lowest BCUT2D eigenvalue weighted by molar-refractivity contribution is 1.28. The fourth-order valence-corrected chi connectivity index (χ4v) is 11.3. The number of hydrogen-bond donors (Lipinski definition) is 0. The van der Waals surface area contributed by atoms with Crippen molar-refractivity contribution in [1.82, 2.24) is 0 Å². The second-order valence-corrected chi connectivity index (χ2v) is 18.8. The van der Waals surface area contributed by atoms with Gasteiger partial charge in [0.05, 0.1) is 0 Å². The molecule has 0 aliphatic rings. The van der Waals surface area contributed by atoms with Gasteiger partial charge < -0.3 is 9.80 Å². The van der Waals surface area contributed by atoms with E-state index in [0.29, 0.717) is 0 Å². The minimum absolute atomic E-state index is 1.10. The summed E-state index contributed by atoms with van der Waals surface area (Å²) in [5, 5.41) is 7.16. The number of nitrogens with zero attached hydrogens (tertiary/aromatic N) is 2. The molecule has 0 spiro atoms.